The molecule has 1 aliphatic rings. The van der Waals surface area contributed by atoms with Gasteiger partial charge < -0.3 is 5.32 Å². The number of nitrogens with zero attached hydrogens (tertiary/aromatic N) is 1. The molecule has 2 aromatic carbocycles. The molecule has 8 heteroatoms. The molecule has 0 aromatic heterocycles. The van der Waals surface area contributed by atoms with E-state index in [1.165, 1.54) is 16.4 Å². The number of hydrogen-bond acceptors (Lipinski definition) is 3. The fourth-order valence-electron chi connectivity index (χ4n) is 2.82. The van der Waals surface area contributed by atoms with Gasteiger partial charge in [0.1, 0.15) is 0 Å². The van der Waals surface area contributed by atoms with Crippen molar-refractivity contribution < 1.29 is 13.2 Å². The van der Waals surface area contributed by atoms with Crippen molar-refractivity contribution in [2.75, 3.05) is 18.4 Å². The van der Waals surface area contributed by atoms with Crippen molar-refractivity contribution in [3.63, 3.8) is 0 Å². The van der Waals surface area contributed by atoms with Gasteiger partial charge in [0.05, 0.1) is 10.5 Å². The van der Waals surface area contributed by atoms with Gasteiger partial charge >= 0.3 is 0 Å². The molecule has 0 atom stereocenters. The molecule has 1 fully saturated rings. The molecule has 26 heavy (non-hydrogen) atoms. The minimum absolute atomic E-state index is 0.129. The van der Waals surface area contributed by atoms with Crippen LogP contribution in [0.2, 0.25) is 5.02 Å². The van der Waals surface area contributed by atoms with Gasteiger partial charge in [-0.3, -0.25) is 4.79 Å². The zero-order chi connectivity index (χ0) is 18.7. The summed E-state index contributed by atoms with van der Waals surface area (Å²) in [5, 5.41) is 3.32. The second-order valence-corrected chi connectivity index (χ2v) is 9.30. The molecule has 3 rings (SSSR count). The lowest BCUT2D eigenvalue weighted by Crippen LogP contribution is -2.35. The van der Waals surface area contributed by atoms with Crippen LogP contribution in [0.25, 0.3) is 0 Å². The van der Waals surface area contributed by atoms with Crippen LogP contribution in [-0.4, -0.2) is 31.7 Å². The van der Waals surface area contributed by atoms with Crippen LogP contribution in [-0.2, 0) is 10.0 Å². The van der Waals surface area contributed by atoms with Crippen molar-refractivity contribution in [1.82, 2.24) is 4.31 Å². The van der Waals surface area contributed by atoms with Crippen LogP contribution in [0.3, 0.4) is 0 Å². The van der Waals surface area contributed by atoms with E-state index in [0.29, 0.717) is 28.3 Å². The topological polar surface area (TPSA) is 66.5 Å². The highest BCUT2D eigenvalue weighted by molar-refractivity contribution is 9.10. The molecule has 0 bridgehead atoms. The summed E-state index contributed by atoms with van der Waals surface area (Å²) in [5.74, 6) is -0.394. The highest BCUT2D eigenvalue weighted by Gasteiger charge is 2.27. The fraction of sp³-hybridized carbons (Fsp3) is 0.278. The van der Waals surface area contributed by atoms with Crippen LogP contribution in [0.5, 0.6) is 0 Å². The van der Waals surface area contributed by atoms with Crippen molar-refractivity contribution >= 4 is 49.1 Å². The average Bonchev–Trinajstić information content (AvgIpc) is 2.64. The average molecular weight is 458 g/mol. The Morgan fingerprint density at radius 2 is 1.69 bits per heavy atom. The molecule has 1 amide bonds. The summed E-state index contributed by atoms with van der Waals surface area (Å²) >= 11 is 9.17. The lowest BCUT2D eigenvalue weighted by molar-refractivity contribution is 0.102. The van der Waals surface area contributed by atoms with E-state index in [1.54, 1.807) is 30.3 Å². The Labute approximate surface area is 166 Å². The third kappa shape index (κ3) is 4.28. The largest absolute Gasteiger partial charge is 0.322 e. The number of hydrogen-bond donors (Lipinski definition) is 1. The van der Waals surface area contributed by atoms with Gasteiger partial charge in [0.15, 0.2) is 0 Å². The van der Waals surface area contributed by atoms with E-state index in [9.17, 15) is 13.2 Å². The summed E-state index contributed by atoms with van der Waals surface area (Å²) < 4.78 is 27.7. The normalized spacial score (nSPS) is 15.6. The van der Waals surface area contributed by atoms with Crippen LogP contribution in [0.15, 0.2) is 51.8 Å². The summed E-state index contributed by atoms with van der Waals surface area (Å²) in [6, 6.07) is 11.2. The molecule has 0 spiro atoms. The maximum absolute atomic E-state index is 12.8. The van der Waals surface area contributed by atoms with Crippen molar-refractivity contribution in [2.24, 2.45) is 0 Å². The molecule has 0 unspecified atom stereocenters. The summed E-state index contributed by atoms with van der Waals surface area (Å²) in [7, 11) is -3.60. The van der Waals surface area contributed by atoms with Gasteiger partial charge in [0.2, 0.25) is 10.0 Å². The Morgan fingerprint density at radius 1 is 1.04 bits per heavy atom. The van der Waals surface area contributed by atoms with Gasteiger partial charge in [-0.25, -0.2) is 8.42 Å². The molecule has 1 aliphatic heterocycles. The molecule has 2 aromatic rings. The lowest BCUT2D eigenvalue weighted by Gasteiger charge is -2.26. The van der Waals surface area contributed by atoms with Gasteiger partial charge in [0.25, 0.3) is 5.91 Å². The maximum Gasteiger partial charge on any atom is 0.256 e. The molecular formula is C18H18BrClN2O3S. The predicted octanol–water partition coefficient (Wildman–Crippen LogP) is 4.53. The van der Waals surface area contributed by atoms with Crippen LogP contribution in [0.1, 0.15) is 29.6 Å². The quantitative estimate of drug-likeness (QED) is 0.733. The number of halogens is 2. The van der Waals surface area contributed by atoms with Crippen LogP contribution in [0, 0.1) is 0 Å². The Balaban J connectivity index is 1.87. The smallest absolute Gasteiger partial charge is 0.256 e. The fourth-order valence-corrected chi connectivity index (χ4v) is 4.92. The Bertz CT molecular complexity index is 911. The van der Waals surface area contributed by atoms with Crippen molar-refractivity contribution in [3.05, 3.63) is 57.5 Å². The zero-order valence-electron chi connectivity index (χ0n) is 13.9. The van der Waals surface area contributed by atoms with Crippen LogP contribution in [0.4, 0.5) is 5.69 Å². The maximum atomic E-state index is 12.8. The number of sulfonamides is 1. The third-order valence-electron chi connectivity index (χ3n) is 4.24. The van der Waals surface area contributed by atoms with E-state index in [2.05, 4.69) is 21.2 Å². The first-order valence-electron chi connectivity index (χ1n) is 8.24. The molecule has 0 aliphatic carbocycles. The first kappa shape index (κ1) is 19.4. The minimum atomic E-state index is -3.60. The Kier molecular flexibility index (Phi) is 6.02. The molecule has 1 N–H and O–H groups in total. The van der Waals surface area contributed by atoms with Crippen molar-refractivity contribution in [1.29, 1.82) is 0 Å². The highest BCUT2D eigenvalue weighted by atomic mass is 79.9. The van der Waals surface area contributed by atoms with Gasteiger partial charge in [-0.15, -0.1) is 0 Å². The molecule has 5 nitrogen and oxygen atoms in total. The number of carbonyl (C=O) groups excluding carboxylic acids is 1. The van der Waals surface area contributed by atoms with E-state index in [-0.39, 0.29) is 10.5 Å². The molecule has 0 radical (unpaired) electrons. The summed E-state index contributed by atoms with van der Waals surface area (Å²) in [6.07, 6.45) is 2.76. The van der Waals surface area contributed by atoms with E-state index >= 15 is 0 Å². The van der Waals surface area contributed by atoms with E-state index in [4.69, 9.17) is 11.6 Å². The third-order valence-corrected chi connectivity index (χ3v) is 7.08. The van der Waals surface area contributed by atoms with Crippen LogP contribution >= 0.6 is 27.5 Å². The highest BCUT2D eigenvalue weighted by Crippen LogP contribution is 2.26. The summed E-state index contributed by atoms with van der Waals surface area (Å²) in [4.78, 5) is 12.7. The first-order chi connectivity index (χ1) is 12.4. The van der Waals surface area contributed by atoms with Crippen molar-refractivity contribution in [3.8, 4) is 0 Å². The zero-order valence-corrected chi connectivity index (χ0v) is 17.1. The standard InChI is InChI=1S/C18H18BrClN2O3S/c19-17-9-8-15(26(24,25)22-10-2-1-3-11-22)12-16(17)18(23)21-14-6-4-13(20)5-7-14/h4-9,12H,1-3,10-11H2,(H,21,23). The van der Waals surface area contributed by atoms with Gasteiger partial charge in [-0.05, 0) is 71.2 Å². The van der Waals surface area contributed by atoms with Gasteiger partial charge in [-0.2, -0.15) is 4.31 Å². The predicted molar refractivity (Wildman–Crippen MR) is 106 cm³/mol. The molecular weight excluding hydrogens is 440 g/mol. The number of anilines is 1. The number of piperidine rings is 1. The Morgan fingerprint density at radius 3 is 2.35 bits per heavy atom. The Hall–Kier alpha value is -1.41. The summed E-state index contributed by atoms with van der Waals surface area (Å²) in [6.45, 7) is 1.04. The number of nitrogens with one attached hydrogen (secondary N) is 1. The SMILES string of the molecule is O=C(Nc1ccc(Cl)cc1)c1cc(S(=O)(=O)N2CCCCC2)ccc1Br. The van der Waals surface area contributed by atoms with E-state index < -0.39 is 15.9 Å². The molecule has 0 saturated carbocycles. The second kappa shape index (κ2) is 8.08. The molecule has 138 valence electrons. The van der Waals surface area contributed by atoms with Crippen LogP contribution < -0.4 is 5.32 Å². The number of benzene rings is 2. The van der Waals surface area contributed by atoms with Gasteiger partial charge in [0, 0.05) is 28.3 Å². The monoisotopic (exact) mass is 456 g/mol. The number of carbonyl (C=O) groups is 1. The van der Waals surface area contributed by atoms with E-state index in [1.807, 2.05) is 0 Å². The first-order valence-corrected chi connectivity index (χ1v) is 10.9. The number of amides is 1. The van der Waals surface area contributed by atoms with Gasteiger partial charge in [-0.1, -0.05) is 18.0 Å². The van der Waals surface area contributed by atoms with E-state index in [0.717, 1.165) is 19.3 Å². The lowest BCUT2D eigenvalue weighted by atomic mass is 10.2. The second-order valence-electron chi connectivity index (χ2n) is 6.07. The minimum Gasteiger partial charge on any atom is -0.322 e. The number of rotatable bonds is 4. The summed E-state index contributed by atoms with van der Waals surface area (Å²) in [5.41, 5.74) is 0.841. The molecule has 1 saturated heterocycles. The van der Waals surface area contributed by atoms with Crippen molar-refractivity contribution in [2.45, 2.75) is 24.2 Å². The molecule has 1 heterocycles.